The average molecular weight is 283 g/mol. The van der Waals surface area contributed by atoms with Gasteiger partial charge in [0.15, 0.2) is 0 Å². The Hall–Kier alpha value is -1.14. The molecule has 0 aromatic carbocycles. The van der Waals surface area contributed by atoms with E-state index in [9.17, 15) is 14.7 Å². The fourth-order valence-electron chi connectivity index (χ4n) is 3.08. The lowest BCUT2D eigenvalue weighted by Crippen LogP contribution is -2.64. The zero-order valence-electron chi connectivity index (χ0n) is 12.5. The maximum atomic E-state index is 12.1. The minimum atomic E-state index is -0.581. The van der Waals surface area contributed by atoms with Gasteiger partial charge in [-0.05, 0) is 6.42 Å². The minimum Gasteiger partial charge on any atom is -0.387 e. The molecule has 0 unspecified atom stereocenters. The number of hydrogen-bond donors (Lipinski definition) is 1. The van der Waals surface area contributed by atoms with E-state index >= 15 is 0 Å². The van der Waals surface area contributed by atoms with E-state index < -0.39 is 5.60 Å². The second-order valence-electron chi connectivity index (χ2n) is 6.01. The molecule has 0 saturated carbocycles. The Morgan fingerprint density at radius 3 is 2.15 bits per heavy atom. The van der Waals surface area contributed by atoms with Crippen LogP contribution in [-0.2, 0) is 9.59 Å². The summed E-state index contributed by atoms with van der Waals surface area (Å²) in [4.78, 5) is 29.0. The number of rotatable bonds is 4. The molecule has 0 aromatic heterocycles. The van der Waals surface area contributed by atoms with Gasteiger partial charge in [0.05, 0.1) is 12.1 Å². The third-order valence-electron chi connectivity index (χ3n) is 4.19. The summed E-state index contributed by atoms with van der Waals surface area (Å²) >= 11 is 0. The number of aliphatic hydroxyl groups is 1. The second-order valence-corrected chi connectivity index (χ2v) is 6.01. The number of piperazine rings is 1. The predicted molar refractivity (Wildman–Crippen MR) is 75.1 cm³/mol. The average Bonchev–Trinajstić information content (AvgIpc) is 2.37. The smallest absolute Gasteiger partial charge is 0.236 e. The van der Waals surface area contributed by atoms with E-state index in [1.165, 1.54) is 0 Å². The molecule has 2 heterocycles. The summed E-state index contributed by atoms with van der Waals surface area (Å²) in [6, 6.07) is 0. The van der Waals surface area contributed by atoms with Gasteiger partial charge in [0.1, 0.15) is 0 Å². The molecule has 1 N–H and O–H groups in total. The number of likely N-dealkylation sites (tertiary alicyclic amines) is 1. The number of carbonyl (C=O) groups excluding carboxylic acids is 2. The molecule has 2 fully saturated rings. The van der Waals surface area contributed by atoms with E-state index in [1.807, 2.05) is 9.80 Å². The van der Waals surface area contributed by atoms with E-state index in [2.05, 4.69) is 6.92 Å². The fraction of sp³-hybridized carbons (Fsp3) is 0.857. The lowest BCUT2D eigenvalue weighted by molar-refractivity contribution is -0.146. The molecule has 2 saturated heterocycles. The molecule has 2 rings (SSSR count). The Labute approximate surface area is 120 Å². The Bertz CT molecular complexity index is 372. The van der Waals surface area contributed by atoms with Crippen LogP contribution in [0.1, 0.15) is 26.7 Å². The minimum absolute atomic E-state index is 0.0736. The number of hydrogen-bond acceptors (Lipinski definition) is 4. The standard InChI is InChI=1S/C14H25N3O3/c1-3-4-14(20)10-15(11-14)9-13(19)17-7-5-16(6-8-17)12(2)18/h20H,3-11H2,1-2H3. The van der Waals surface area contributed by atoms with Gasteiger partial charge in [-0.15, -0.1) is 0 Å². The molecule has 2 aliphatic rings. The van der Waals surface area contributed by atoms with Crippen molar-refractivity contribution < 1.29 is 14.7 Å². The van der Waals surface area contributed by atoms with Crippen LogP contribution in [0.4, 0.5) is 0 Å². The van der Waals surface area contributed by atoms with Gasteiger partial charge >= 0.3 is 0 Å². The van der Waals surface area contributed by atoms with Gasteiger partial charge < -0.3 is 14.9 Å². The van der Waals surface area contributed by atoms with E-state index in [-0.39, 0.29) is 11.8 Å². The molecule has 20 heavy (non-hydrogen) atoms. The third kappa shape index (κ3) is 3.49. The normalized spacial score (nSPS) is 22.6. The largest absolute Gasteiger partial charge is 0.387 e. The number of β-amino-alcohol motifs (C(OH)–C–C–N with tert-alkyl or cyclic N) is 1. The van der Waals surface area contributed by atoms with Crippen LogP contribution in [0.2, 0.25) is 0 Å². The summed E-state index contributed by atoms with van der Waals surface area (Å²) in [5, 5.41) is 10.1. The van der Waals surface area contributed by atoms with Crippen LogP contribution in [0.25, 0.3) is 0 Å². The van der Waals surface area contributed by atoms with Crippen molar-refractivity contribution in [2.45, 2.75) is 32.3 Å². The van der Waals surface area contributed by atoms with Crippen molar-refractivity contribution in [3.05, 3.63) is 0 Å². The van der Waals surface area contributed by atoms with Crippen molar-refractivity contribution in [2.75, 3.05) is 45.8 Å². The Kier molecular flexibility index (Phi) is 4.65. The van der Waals surface area contributed by atoms with Gasteiger partial charge in [-0.2, -0.15) is 0 Å². The molecule has 0 aromatic rings. The zero-order chi connectivity index (χ0) is 14.8. The van der Waals surface area contributed by atoms with E-state index in [0.29, 0.717) is 45.8 Å². The Morgan fingerprint density at radius 2 is 1.65 bits per heavy atom. The summed E-state index contributed by atoms with van der Waals surface area (Å²) < 4.78 is 0. The molecule has 114 valence electrons. The van der Waals surface area contributed by atoms with Gasteiger partial charge in [0.2, 0.25) is 11.8 Å². The highest BCUT2D eigenvalue weighted by molar-refractivity contribution is 5.79. The molecule has 0 spiro atoms. The van der Waals surface area contributed by atoms with Crippen LogP contribution in [0.15, 0.2) is 0 Å². The van der Waals surface area contributed by atoms with Crippen molar-refractivity contribution in [1.82, 2.24) is 14.7 Å². The molecular weight excluding hydrogens is 258 g/mol. The number of carbonyl (C=O) groups is 2. The van der Waals surface area contributed by atoms with E-state index in [1.54, 1.807) is 11.8 Å². The van der Waals surface area contributed by atoms with Crippen molar-refractivity contribution in [3.8, 4) is 0 Å². The second kappa shape index (κ2) is 6.10. The molecule has 2 amide bonds. The Balaban J connectivity index is 1.71. The van der Waals surface area contributed by atoms with Gasteiger partial charge in [-0.3, -0.25) is 14.5 Å². The molecular formula is C14H25N3O3. The fourth-order valence-corrected chi connectivity index (χ4v) is 3.08. The molecule has 6 nitrogen and oxygen atoms in total. The van der Waals surface area contributed by atoms with Crippen LogP contribution in [-0.4, -0.2) is 83.0 Å². The van der Waals surface area contributed by atoms with Crippen LogP contribution in [0.3, 0.4) is 0 Å². The molecule has 0 aliphatic carbocycles. The van der Waals surface area contributed by atoms with E-state index in [4.69, 9.17) is 0 Å². The van der Waals surface area contributed by atoms with Crippen molar-refractivity contribution in [2.24, 2.45) is 0 Å². The maximum absolute atomic E-state index is 12.1. The topological polar surface area (TPSA) is 64.1 Å². The van der Waals surface area contributed by atoms with Crippen LogP contribution in [0, 0.1) is 0 Å². The molecule has 0 atom stereocenters. The highest BCUT2D eigenvalue weighted by atomic mass is 16.3. The summed E-state index contributed by atoms with van der Waals surface area (Å²) in [7, 11) is 0. The predicted octanol–water partition coefficient (Wildman–Crippen LogP) is -0.476. The van der Waals surface area contributed by atoms with Gasteiger partial charge in [-0.1, -0.05) is 13.3 Å². The van der Waals surface area contributed by atoms with Gasteiger partial charge in [-0.25, -0.2) is 0 Å². The van der Waals surface area contributed by atoms with Crippen LogP contribution in [0.5, 0.6) is 0 Å². The molecule has 0 bridgehead atoms. The lowest BCUT2D eigenvalue weighted by atomic mass is 9.89. The van der Waals surface area contributed by atoms with Crippen LogP contribution < -0.4 is 0 Å². The summed E-state index contributed by atoms with van der Waals surface area (Å²) in [6.07, 6.45) is 1.76. The quantitative estimate of drug-likeness (QED) is 0.757. The van der Waals surface area contributed by atoms with Crippen molar-refractivity contribution in [3.63, 3.8) is 0 Å². The highest BCUT2D eigenvalue weighted by Crippen LogP contribution is 2.25. The highest BCUT2D eigenvalue weighted by Gasteiger charge is 2.41. The monoisotopic (exact) mass is 283 g/mol. The first-order valence-corrected chi connectivity index (χ1v) is 7.41. The molecule has 2 aliphatic heterocycles. The van der Waals surface area contributed by atoms with Crippen molar-refractivity contribution in [1.29, 1.82) is 0 Å². The Morgan fingerprint density at radius 1 is 1.10 bits per heavy atom. The van der Waals surface area contributed by atoms with Crippen LogP contribution >= 0.6 is 0 Å². The summed E-state index contributed by atoms with van der Waals surface area (Å²) in [6.45, 7) is 7.68. The van der Waals surface area contributed by atoms with E-state index in [0.717, 1.165) is 12.8 Å². The summed E-state index contributed by atoms with van der Waals surface area (Å²) in [5.74, 6) is 0.177. The lowest BCUT2D eigenvalue weighted by Gasteiger charge is -2.47. The van der Waals surface area contributed by atoms with Crippen molar-refractivity contribution >= 4 is 11.8 Å². The SMILES string of the molecule is CCCC1(O)CN(CC(=O)N2CCN(C(C)=O)CC2)C1. The summed E-state index contributed by atoms with van der Waals surface area (Å²) in [5.41, 5.74) is -0.581. The van der Waals surface area contributed by atoms with Gasteiger partial charge in [0.25, 0.3) is 0 Å². The zero-order valence-corrected chi connectivity index (χ0v) is 12.5. The maximum Gasteiger partial charge on any atom is 0.236 e. The first-order chi connectivity index (χ1) is 9.43. The molecule has 6 heteroatoms. The molecule has 0 radical (unpaired) electrons. The van der Waals surface area contributed by atoms with Gasteiger partial charge in [0, 0.05) is 46.2 Å². The third-order valence-corrected chi connectivity index (χ3v) is 4.19. The number of nitrogens with zero attached hydrogens (tertiary/aromatic N) is 3. The first kappa shape index (κ1) is 15.3. The first-order valence-electron chi connectivity index (χ1n) is 7.41. The number of amides is 2.